The minimum absolute atomic E-state index is 0.217. The summed E-state index contributed by atoms with van der Waals surface area (Å²) in [5.74, 6) is 0.289. The summed E-state index contributed by atoms with van der Waals surface area (Å²) in [5.41, 5.74) is 2.74. The molecule has 0 unspecified atom stereocenters. The summed E-state index contributed by atoms with van der Waals surface area (Å²) in [5, 5.41) is 3.27. The smallest absolute Gasteiger partial charge is 0.255 e. The Labute approximate surface area is 157 Å². The zero-order chi connectivity index (χ0) is 18.7. The molecule has 6 heteroatoms. The van der Waals surface area contributed by atoms with E-state index in [1.165, 1.54) is 11.0 Å². The van der Waals surface area contributed by atoms with Crippen LogP contribution in [0.2, 0.25) is 5.02 Å². The third kappa shape index (κ3) is 3.73. The number of nitrogens with one attached hydrogen (secondary N) is 1. The number of carbonyl (C=O) groups excluding carboxylic acids is 2. The summed E-state index contributed by atoms with van der Waals surface area (Å²) in [4.78, 5) is 25.6. The van der Waals surface area contributed by atoms with E-state index in [2.05, 4.69) is 11.9 Å². The van der Waals surface area contributed by atoms with Crippen LogP contribution >= 0.6 is 11.6 Å². The normalized spacial score (nSPS) is 12.5. The second-order valence-corrected chi connectivity index (χ2v) is 6.40. The molecule has 134 valence electrons. The number of aryl methyl sites for hydroxylation is 1. The lowest BCUT2D eigenvalue weighted by molar-refractivity contribution is -0.113. The van der Waals surface area contributed by atoms with Gasteiger partial charge in [-0.05, 0) is 54.8 Å². The van der Waals surface area contributed by atoms with Gasteiger partial charge in [-0.25, -0.2) is 0 Å². The highest BCUT2D eigenvalue weighted by atomic mass is 35.5. The second kappa shape index (κ2) is 7.62. The Bertz CT molecular complexity index is 862. The van der Waals surface area contributed by atoms with Crippen molar-refractivity contribution in [3.05, 3.63) is 65.2 Å². The second-order valence-electron chi connectivity index (χ2n) is 5.99. The highest BCUT2D eigenvalue weighted by molar-refractivity contribution is 6.34. The maximum atomic E-state index is 12.5. The van der Waals surface area contributed by atoms with E-state index in [0.717, 1.165) is 24.2 Å². The Hall–Kier alpha value is -2.79. The summed E-state index contributed by atoms with van der Waals surface area (Å²) < 4.78 is 5.58. The van der Waals surface area contributed by atoms with Gasteiger partial charge < -0.3 is 15.0 Å². The van der Waals surface area contributed by atoms with Gasteiger partial charge in [0.2, 0.25) is 5.91 Å². The van der Waals surface area contributed by atoms with Crippen LogP contribution in [0.4, 0.5) is 11.4 Å². The van der Waals surface area contributed by atoms with Gasteiger partial charge in [0.25, 0.3) is 5.91 Å². The highest BCUT2D eigenvalue weighted by Gasteiger charge is 2.16. The molecule has 0 aliphatic carbocycles. The maximum absolute atomic E-state index is 12.5. The van der Waals surface area contributed by atoms with Gasteiger partial charge in [0.1, 0.15) is 5.75 Å². The van der Waals surface area contributed by atoms with Crippen molar-refractivity contribution in [3.8, 4) is 5.75 Å². The molecular weight excluding hydrogens is 352 g/mol. The van der Waals surface area contributed by atoms with E-state index < -0.39 is 0 Å². The minimum Gasteiger partial charge on any atom is -0.493 e. The SMILES string of the molecule is C=CC(=O)N(C)c1ccc(C(=O)Nc2cc3c(cc2Cl)OCCC3)cc1. The molecule has 0 fully saturated rings. The fourth-order valence-corrected chi connectivity index (χ4v) is 2.97. The number of anilines is 2. The predicted molar refractivity (Wildman–Crippen MR) is 103 cm³/mol. The van der Waals surface area contributed by atoms with Gasteiger partial charge in [0.15, 0.2) is 0 Å². The van der Waals surface area contributed by atoms with Gasteiger partial charge in [-0.2, -0.15) is 0 Å². The van der Waals surface area contributed by atoms with Gasteiger partial charge in [0, 0.05) is 24.4 Å². The number of nitrogens with zero attached hydrogens (tertiary/aromatic N) is 1. The number of ether oxygens (including phenoxy) is 1. The van der Waals surface area contributed by atoms with Crippen molar-refractivity contribution in [3.63, 3.8) is 0 Å². The molecule has 1 aliphatic rings. The molecule has 1 aliphatic heterocycles. The van der Waals surface area contributed by atoms with E-state index >= 15 is 0 Å². The molecular formula is C20H19ClN2O3. The zero-order valence-corrected chi connectivity index (χ0v) is 15.2. The Morgan fingerprint density at radius 1 is 1.27 bits per heavy atom. The average Bonchev–Trinajstić information content (AvgIpc) is 2.67. The largest absolute Gasteiger partial charge is 0.493 e. The van der Waals surface area contributed by atoms with Crippen molar-refractivity contribution in [2.75, 3.05) is 23.9 Å². The lowest BCUT2D eigenvalue weighted by atomic mass is 10.1. The Balaban J connectivity index is 1.76. The van der Waals surface area contributed by atoms with Crippen molar-refractivity contribution in [1.29, 1.82) is 0 Å². The van der Waals surface area contributed by atoms with Gasteiger partial charge in [-0.15, -0.1) is 0 Å². The van der Waals surface area contributed by atoms with Crippen LogP contribution in [0.3, 0.4) is 0 Å². The molecule has 3 rings (SSSR count). The molecule has 2 amide bonds. The van der Waals surface area contributed by atoms with Crippen LogP contribution in [0.5, 0.6) is 5.75 Å². The topological polar surface area (TPSA) is 58.6 Å². The number of hydrogen-bond donors (Lipinski definition) is 1. The molecule has 1 N–H and O–H groups in total. The van der Waals surface area contributed by atoms with Gasteiger partial charge >= 0.3 is 0 Å². The number of hydrogen-bond acceptors (Lipinski definition) is 3. The summed E-state index contributed by atoms with van der Waals surface area (Å²) in [7, 11) is 1.65. The number of halogens is 1. The number of carbonyl (C=O) groups is 2. The summed E-state index contributed by atoms with van der Waals surface area (Å²) in [6.07, 6.45) is 3.08. The van der Waals surface area contributed by atoms with Crippen LogP contribution in [0.1, 0.15) is 22.3 Å². The first-order valence-electron chi connectivity index (χ1n) is 8.26. The van der Waals surface area contributed by atoms with Crippen LogP contribution in [0.15, 0.2) is 49.1 Å². The molecule has 2 aromatic rings. The third-order valence-corrected chi connectivity index (χ3v) is 4.58. The highest BCUT2D eigenvalue weighted by Crippen LogP contribution is 2.34. The van der Waals surface area contributed by atoms with E-state index in [9.17, 15) is 9.59 Å². The number of likely N-dealkylation sites (N-methyl/N-ethyl adjacent to an activating group) is 1. The van der Waals surface area contributed by atoms with Crippen molar-refractivity contribution in [1.82, 2.24) is 0 Å². The fourth-order valence-electron chi connectivity index (χ4n) is 2.77. The summed E-state index contributed by atoms with van der Waals surface area (Å²) in [6, 6.07) is 10.3. The lowest BCUT2D eigenvalue weighted by Gasteiger charge is -2.19. The van der Waals surface area contributed by atoms with Crippen LogP contribution < -0.4 is 15.0 Å². The molecule has 0 saturated carbocycles. The zero-order valence-electron chi connectivity index (χ0n) is 14.4. The van der Waals surface area contributed by atoms with Crippen LogP contribution in [-0.2, 0) is 11.2 Å². The number of fused-ring (bicyclic) bond motifs is 1. The van der Waals surface area contributed by atoms with E-state index in [0.29, 0.717) is 28.6 Å². The molecule has 2 aromatic carbocycles. The summed E-state index contributed by atoms with van der Waals surface area (Å²) >= 11 is 6.26. The maximum Gasteiger partial charge on any atom is 0.255 e. The number of rotatable bonds is 4. The number of amides is 2. The van der Waals surface area contributed by atoms with Crippen LogP contribution in [-0.4, -0.2) is 25.5 Å². The molecule has 26 heavy (non-hydrogen) atoms. The molecule has 5 nitrogen and oxygen atoms in total. The quantitative estimate of drug-likeness (QED) is 0.825. The average molecular weight is 371 g/mol. The summed E-state index contributed by atoms with van der Waals surface area (Å²) in [6.45, 7) is 4.15. The Kier molecular flexibility index (Phi) is 5.28. The van der Waals surface area contributed by atoms with Crippen molar-refractivity contribution in [2.45, 2.75) is 12.8 Å². The number of benzene rings is 2. The van der Waals surface area contributed by atoms with Crippen molar-refractivity contribution in [2.24, 2.45) is 0 Å². The monoisotopic (exact) mass is 370 g/mol. The Morgan fingerprint density at radius 2 is 2.00 bits per heavy atom. The van der Waals surface area contributed by atoms with E-state index in [4.69, 9.17) is 16.3 Å². The Morgan fingerprint density at radius 3 is 2.69 bits per heavy atom. The molecule has 0 radical (unpaired) electrons. The molecule has 0 saturated heterocycles. The van der Waals surface area contributed by atoms with Crippen LogP contribution in [0.25, 0.3) is 0 Å². The van der Waals surface area contributed by atoms with Crippen molar-refractivity contribution >= 4 is 34.8 Å². The fraction of sp³-hybridized carbons (Fsp3) is 0.200. The predicted octanol–water partition coefficient (Wildman–Crippen LogP) is 4.07. The van der Waals surface area contributed by atoms with E-state index in [1.54, 1.807) is 37.4 Å². The van der Waals surface area contributed by atoms with Crippen molar-refractivity contribution < 1.29 is 14.3 Å². The van der Waals surface area contributed by atoms with Crippen LogP contribution in [0, 0.1) is 0 Å². The van der Waals surface area contributed by atoms with E-state index in [-0.39, 0.29) is 11.8 Å². The molecule has 0 aromatic heterocycles. The first-order valence-corrected chi connectivity index (χ1v) is 8.64. The molecule has 0 spiro atoms. The van der Waals surface area contributed by atoms with Gasteiger partial charge in [-0.1, -0.05) is 18.2 Å². The standard InChI is InChI=1S/C20H19ClN2O3/c1-3-19(24)23(2)15-8-6-13(7-9-15)20(25)22-17-11-14-5-4-10-26-18(14)12-16(17)21/h3,6-9,11-12H,1,4-5,10H2,2H3,(H,22,25). The van der Waals surface area contributed by atoms with E-state index in [1.807, 2.05) is 6.07 Å². The first kappa shape index (κ1) is 18.0. The first-order chi connectivity index (χ1) is 12.5. The third-order valence-electron chi connectivity index (χ3n) is 4.27. The minimum atomic E-state index is -0.271. The molecule has 1 heterocycles. The van der Waals surface area contributed by atoms with Gasteiger partial charge in [-0.3, -0.25) is 9.59 Å². The lowest BCUT2D eigenvalue weighted by Crippen LogP contribution is -2.23. The van der Waals surface area contributed by atoms with Gasteiger partial charge in [0.05, 0.1) is 17.3 Å². The molecule has 0 atom stereocenters. The molecule has 0 bridgehead atoms.